The van der Waals surface area contributed by atoms with Gasteiger partial charge in [-0.1, -0.05) is 0 Å². The molecule has 0 amide bonds. The van der Waals surface area contributed by atoms with Gasteiger partial charge >= 0.3 is 0 Å². The summed E-state index contributed by atoms with van der Waals surface area (Å²) in [4.78, 5) is 11.7. The Morgan fingerprint density at radius 3 is 2.65 bits per heavy atom. The standard InChI is InChI=1S/C15H20N4S/c1-8-6-12(20-10(8)3)7-17-14-9(2)13(16)18-15(19-14)11-4-5-11/h6,11H,4-5,7H2,1-3H3,(H3,16,17,18,19). The van der Waals surface area contributed by atoms with Gasteiger partial charge in [0.25, 0.3) is 0 Å². The summed E-state index contributed by atoms with van der Waals surface area (Å²) < 4.78 is 0. The van der Waals surface area contributed by atoms with Crippen molar-refractivity contribution in [2.24, 2.45) is 0 Å². The lowest BCUT2D eigenvalue weighted by Crippen LogP contribution is -2.08. The zero-order valence-electron chi connectivity index (χ0n) is 12.2. The normalized spacial score (nSPS) is 14.6. The number of anilines is 2. The second-order valence-electron chi connectivity index (χ2n) is 5.52. The number of hydrogen-bond donors (Lipinski definition) is 2. The Labute approximate surface area is 123 Å². The maximum Gasteiger partial charge on any atom is 0.136 e. The zero-order chi connectivity index (χ0) is 14.3. The minimum atomic E-state index is 0.518. The Hall–Kier alpha value is -1.62. The predicted octanol–water partition coefficient (Wildman–Crippen LogP) is 3.54. The highest BCUT2D eigenvalue weighted by Gasteiger charge is 2.27. The summed E-state index contributed by atoms with van der Waals surface area (Å²) in [6.07, 6.45) is 2.37. The molecular formula is C15H20N4S. The molecule has 2 aromatic rings. The number of nitrogens with two attached hydrogens (primary N) is 1. The maximum absolute atomic E-state index is 6.00. The van der Waals surface area contributed by atoms with Crippen LogP contribution in [0.1, 0.15) is 45.5 Å². The van der Waals surface area contributed by atoms with Crippen LogP contribution in [0.4, 0.5) is 11.6 Å². The summed E-state index contributed by atoms with van der Waals surface area (Å²) in [5.41, 5.74) is 8.29. The van der Waals surface area contributed by atoms with E-state index >= 15 is 0 Å². The number of nitrogens with one attached hydrogen (secondary N) is 1. The quantitative estimate of drug-likeness (QED) is 0.903. The molecular weight excluding hydrogens is 268 g/mol. The van der Waals surface area contributed by atoms with Gasteiger partial charge in [0.2, 0.25) is 0 Å². The molecule has 1 saturated carbocycles. The SMILES string of the molecule is Cc1cc(CNc2nc(C3CC3)nc(N)c2C)sc1C. The first-order valence-electron chi connectivity index (χ1n) is 6.98. The summed E-state index contributed by atoms with van der Waals surface area (Å²) in [5, 5.41) is 3.41. The number of nitrogen functional groups attached to an aromatic ring is 1. The van der Waals surface area contributed by atoms with Crippen LogP contribution in [-0.2, 0) is 6.54 Å². The molecule has 0 unspecified atom stereocenters. The predicted molar refractivity (Wildman–Crippen MR) is 84.3 cm³/mol. The molecule has 106 valence electrons. The summed E-state index contributed by atoms with van der Waals surface area (Å²) in [7, 11) is 0. The highest BCUT2D eigenvalue weighted by Crippen LogP contribution is 2.39. The summed E-state index contributed by atoms with van der Waals surface area (Å²) in [6.45, 7) is 7.07. The van der Waals surface area contributed by atoms with Crippen molar-refractivity contribution in [1.29, 1.82) is 0 Å². The van der Waals surface area contributed by atoms with Gasteiger partial charge < -0.3 is 11.1 Å². The number of aryl methyl sites for hydroxylation is 2. The Kier molecular flexibility index (Phi) is 3.38. The molecule has 0 bridgehead atoms. The van der Waals surface area contributed by atoms with Gasteiger partial charge in [-0.15, -0.1) is 11.3 Å². The maximum atomic E-state index is 6.00. The van der Waals surface area contributed by atoms with Crippen LogP contribution >= 0.6 is 11.3 Å². The smallest absolute Gasteiger partial charge is 0.136 e. The average Bonchev–Trinajstić information content (AvgIpc) is 3.19. The lowest BCUT2D eigenvalue weighted by molar-refractivity contribution is 0.918. The van der Waals surface area contributed by atoms with E-state index in [-0.39, 0.29) is 0 Å². The van der Waals surface area contributed by atoms with Gasteiger partial charge in [0.05, 0.1) is 6.54 Å². The van der Waals surface area contributed by atoms with Gasteiger partial charge in [-0.3, -0.25) is 0 Å². The van der Waals surface area contributed by atoms with E-state index in [0.717, 1.165) is 23.8 Å². The molecule has 0 radical (unpaired) electrons. The third-order valence-electron chi connectivity index (χ3n) is 3.79. The van der Waals surface area contributed by atoms with Gasteiger partial charge in [0, 0.05) is 21.2 Å². The molecule has 1 fully saturated rings. The molecule has 0 aromatic carbocycles. The number of nitrogens with zero attached hydrogens (tertiary/aromatic N) is 2. The second kappa shape index (κ2) is 5.05. The molecule has 0 spiro atoms. The van der Waals surface area contributed by atoms with E-state index < -0.39 is 0 Å². The second-order valence-corrected chi connectivity index (χ2v) is 6.86. The van der Waals surface area contributed by atoms with Crippen LogP contribution in [0.2, 0.25) is 0 Å². The number of thiophene rings is 1. The first-order chi connectivity index (χ1) is 9.54. The van der Waals surface area contributed by atoms with E-state index in [1.165, 1.54) is 28.2 Å². The van der Waals surface area contributed by atoms with Crippen molar-refractivity contribution in [1.82, 2.24) is 9.97 Å². The zero-order valence-corrected chi connectivity index (χ0v) is 13.0. The lowest BCUT2D eigenvalue weighted by atomic mass is 10.2. The molecule has 1 aliphatic carbocycles. The Morgan fingerprint density at radius 1 is 1.30 bits per heavy atom. The van der Waals surface area contributed by atoms with E-state index in [1.54, 1.807) is 0 Å². The number of rotatable bonds is 4. The topological polar surface area (TPSA) is 63.8 Å². The fourth-order valence-corrected chi connectivity index (χ4v) is 3.15. The molecule has 4 nitrogen and oxygen atoms in total. The molecule has 3 rings (SSSR count). The van der Waals surface area contributed by atoms with Crippen LogP contribution < -0.4 is 11.1 Å². The Balaban J connectivity index is 1.79. The molecule has 5 heteroatoms. The van der Waals surface area contributed by atoms with E-state index in [2.05, 4.69) is 35.2 Å². The van der Waals surface area contributed by atoms with Crippen molar-refractivity contribution in [2.45, 2.75) is 46.1 Å². The summed E-state index contributed by atoms with van der Waals surface area (Å²) in [5.74, 6) is 2.89. The van der Waals surface area contributed by atoms with Crippen molar-refractivity contribution in [3.05, 3.63) is 32.8 Å². The van der Waals surface area contributed by atoms with Gasteiger partial charge in [-0.25, -0.2) is 9.97 Å². The van der Waals surface area contributed by atoms with Crippen molar-refractivity contribution in [2.75, 3.05) is 11.1 Å². The van der Waals surface area contributed by atoms with Crippen LogP contribution in [0.15, 0.2) is 6.07 Å². The first-order valence-corrected chi connectivity index (χ1v) is 7.80. The third-order valence-corrected chi connectivity index (χ3v) is 4.94. The number of hydrogen-bond acceptors (Lipinski definition) is 5. The average molecular weight is 288 g/mol. The Morgan fingerprint density at radius 2 is 2.05 bits per heavy atom. The van der Waals surface area contributed by atoms with Crippen molar-refractivity contribution < 1.29 is 0 Å². The van der Waals surface area contributed by atoms with Crippen LogP contribution in [0.5, 0.6) is 0 Å². The number of aromatic nitrogens is 2. The fourth-order valence-electron chi connectivity index (χ4n) is 2.16. The van der Waals surface area contributed by atoms with E-state index in [1.807, 2.05) is 18.3 Å². The molecule has 2 heterocycles. The molecule has 2 aromatic heterocycles. The summed E-state index contributed by atoms with van der Waals surface area (Å²) in [6, 6.07) is 2.23. The van der Waals surface area contributed by atoms with E-state index in [9.17, 15) is 0 Å². The molecule has 3 N–H and O–H groups in total. The van der Waals surface area contributed by atoms with Crippen molar-refractivity contribution >= 4 is 23.0 Å². The van der Waals surface area contributed by atoms with Gasteiger partial charge in [-0.05, 0) is 45.2 Å². The van der Waals surface area contributed by atoms with Crippen LogP contribution in [-0.4, -0.2) is 9.97 Å². The van der Waals surface area contributed by atoms with E-state index in [4.69, 9.17) is 5.73 Å². The highest BCUT2D eigenvalue weighted by atomic mass is 32.1. The minimum absolute atomic E-state index is 0.518. The van der Waals surface area contributed by atoms with Crippen LogP contribution in [0, 0.1) is 20.8 Å². The Bertz CT molecular complexity index is 624. The van der Waals surface area contributed by atoms with Crippen LogP contribution in [0.25, 0.3) is 0 Å². The van der Waals surface area contributed by atoms with Gasteiger partial charge in [0.15, 0.2) is 0 Å². The van der Waals surface area contributed by atoms with Gasteiger partial charge in [0.1, 0.15) is 17.5 Å². The molecule has 20 heavy (non-hydrogen) atoms. The third kappa shape index (κ3) is 2.63. The monoisotopic (exact) mass is 288 g/mol. The summed E-state index contributed by atoms with van der Waals surface area (Å²) >= 11 is 1.83. The van der Waals surface area contributed by atoms with Crippen molar-refractivity contribution in [3.8, 4) is 0 Å². The highest BCUT2D eigenvalue weighted by molar-refractivity contribution is 7.12. The molecule has 0 aliphatic heterocycles. The van der Waals surface area contributed by atoms with Crippen LogP contribution in [0.3, 0.4) is 0 Å². The van der Waals surface area contributed by atoms with E-state index in [0.29, 0.717) is 11.7 Å². The molecule has 0 saturated heterocycles. The first kappa shape index (κ1) is 13.4. The minimum Gasteiger partial charge on any atom is -0.383 e. The molecule has 1 aliphatic rings. The van der Waals surface area contributed by atoms with Crippen molar-refractivity contribution in [3.63, 3.8) is 0 Å². The largest absolute Gasteiger partial charge is 0.383 e. The lowest BCUT2D eigenvalue weighted by Gasteiger charge is -2.11. The fraction of sp³-hybridized carbons (Fsp3) is 0.467. The molecule has 0 atom stereocenters. The van der Waals surface area contributed by atoms with Gasteiger partial charge in [-0.2, -0.15) is 0 Å².